The van der Waals surface area contributed by atoms with Crippen molar-refractivity contribution in [2.24, 2.45) is 0 Å². The Labute approximate surface area is 99.4 Å². The quantitative estimate of drug-likeness (QED) is 0.811. The maximum atomic E-state index is 11.6. The number of carbonyl (C=O) groups excluding carboxylic acids is 1. The summed E-state index contributed by atoms with van der Waals surface area (Å²) >= 11 is 0. The number of carbonyl (C=O) groups is 1. The molecule has 0 aliphatic carbocycles. The summed E-state index contributed by atoms with van der Waals surface area (Å²) in [5.74, 6) is -0.370. The predicted molar refractivity (Wildman–Crippen MR) is 65.3 cm³/mol. The van der Waals surface area contributed by atoms with Crippen LogP contribution in [0.3, 0.4) is 0 Å². The van der Waals surface area contributed by atoms with E-state index in [1.54, 1.807) is 6.07 Å². The molecule has 0 fully saturated rings. The van der Waals surface area contributed by atoms with Gasteiger partial charge in [0.05, 0.1) is 18.2 Å². The molecular formula is C13H15NO3. The number of aromatic nitrogens is 1. The highest BCUT2D eigenvalue weighted by molar-refractivity contribution is 6.04. The summed E-state index contributed by atoms with van der Waals surface area (Å²) in [6.45, 7) is 4.09. The summed E-state index contributed by atoms with van der Waals surface area (Å²) in [7, 11) is 1.33. The molecule has 0 aliphatic rings. The van der Waals surface area contributed by atoms with Crippen molar-refractivity contribution in [3.63, 3.8) is 0 Å². The van der Waals surface area contributed by atoms with Gasteiger partial charge in [0, 0.05) is 23.7 Å². The molecule has 0 atom stereocenters. The number of fused-ring (bicyclic) bond motifs is 1. The van der Waals surface area contributed by atoms with E-state index in [9.17, 15) is 9.90 Å². The number of benzene rings is 1. The number of ether oxygens (including phenoxy) is 1. The van der Waals surface area contributed by atoms with Crippen LogP contribution in [0.25, 0.3) is 10.9 Å². The molecule has 4 nitrogen and oxygen atoms in total. The average molecular weight is 233 g/mol. The van der Waals surface area contributed by atoms with Gasteiger partial charge in [-0.05, 0) is 26.0 Å². The molecule has 2 rings (SSSR count). The number of nitrogens with zero attached hydrogens (tertiary/aromatic N) is 1. The molecule has 1 aromatic carbocycles. The summed E-state index contributed by atoms with van der Waals surface area (Å²) in [5.41, 5.74) is 1.22. The van der Waals surface area contributed by atoms with Gasteiger partial charge in [-0.25, -0.2) is 4.79 Å². The van der Waals surface area contributed by atoms with Crippen molar-refractivity contribution in [2.45, 2.75) is 19.9 Å². The molecule has 1 aromatic heterocycles. The maximum absolute atomic E-state index is 11.6. The molecule has 0 spiro atoms. The number of phenolic OH excluding ortho intramolecular Hbond substituents is 1. The zero-order chi connectivity index (χ0) is 12.6. The van der Waals surface area contributed by atoms with Crippen molar-refractivity contribution in [1.29, 1.82) is 0 Å². The van der Waals surface area contributed by atoms with E-state index < -0.39 is 5.97 Å². The maximum Gasteiger partial charge on any atom is 0.338 e. The van der Waals surface area contributed by atoms with E-state index in [-0.39, 0.29) is 11.8 Å². The fourth-order valence-corrected chi connectivity index (χ4v) is 1.98. The Morgan fingerprint density at radius 1 is 1.41 bits per heavy atom. The topological polar surface area (TPSA) is 51.5 Å². The van der Waals surface area contributed by atoms with Gasteiger partial charge in [0.25, 0.3) is 0 Å². The standard InChI is InChI=1S/C13H15NO3/c1-8(2)14-5-4-10-11(13(16)17-3)6-9(15)7-12(10)14/h4-8,15H,1-3H3. The Morgan fingerprint density at radius 3 is 2.71 bits per heavy atom. The van der Waals surface area contributed by atoms with Crippen molar-refractivity contribution in [3.8, 4) is 5.75 Å². The molecule has 0 radical (unpaired) electrons. The molecule has 1 N–H and O–H groups in total. The second kappa shape index (κ2) is 4.13. The Bertz CT molecular complexity index is 569. The molecule has 0 unspecified atom stereocenters. The van der Waals surface area contributed by atoms with Crippen LogP contribution in [0.5, 0.6) is 5.75 Å². The van der Waals surface area contributed by atoms with Crippen LogP contribution in [-0.2, 0) is 4.74 Å². The van der Waals surface area contributed by atoms with Crippen LogP contribution in [0, 0.1) is 0 Å². The largest absolute Gasteiger partial charge is 0.508 e. The van der Waals surface area contributed by atoms with Crippen molar-refractivity contribution in [3.05, 3.63) is 30.0 Å². The molecule has 0 amide bonds. The minimum absolute atomic E-state index is 0.0681. The molecule has 17 heavy (non-hydrogen) atoms. The molecule has 0 saturated heterocycles. The lowest BCUT2D eigenvalue weighted by molar-refractivity contribution is 0.0602. The molecule has 4 heteroatoms. The lowest BCUT2D eigenvalue weighted by atomic mass is 10.1. The summed E-state index contributed by atoms with van der Waals surface area (Å²) in [5, 5.41) is 10.5. The van der Waals surface area contributed by atoms with E-state index in [2.05, 4.69) is 0 Å². The number of hydrogen-bond donors (Lipinski definition) is 1. The third-order valence-corrected chi connectivity index (χ3v) is 2.78. The number of aromatic hydroxyl groups is 1. The Morgan fingerprint density at radius 2 is 2.12 bits per heavy atom. The molecule has 0 saturated carbocycles. The first-order valence-electron chi connectivity index (χ1n) is 5.46. The molecule has 0 bridgehead atoms. The lowest BCUT2D eigenvalue weighted by Crippen LogP contribution is -2.03. The van der Waals surface area contributed by atoms with Gasteiger partial charge in [0.15, 0.2) is 0 Å². The predicted octanol–water partition coefficient (Wildman–Crippen LogP) is 2.71. The van der Waals surface area contributed by atoms with Gasteiger partial charge >= 0.3 is 5.97 Å². The van der Waals surface area contributed by atoms with E-state index in [1.807, 2.05) is 30.7 Å². The number of esters is 1. The van der Waals surface area contributed by atoms with Gasteiger partial charge in [-0.15, -0.1) is 0 Å². The van der Waals surface area contributed by atoms with Crippen molar-refractivity contribution in [1.82, 2.24) is 4.57 Å². The van der Waals surface area contributed by atoms with Gasteiger partial charge < -0.3 is 14.4 Å². The minimum Gasteiger partial charge on any atom is -0.508 e. The van der Waals surface area contributed by atoms with Gasteiger partial charge in [-0.1, -0.05) is 0 Å². The number of rotatable bonds is 2. The lowest BCUT2D eigenvalue weighted by Gasteiger charge is -2.10. The smallest absolute Gasteiger partial charge is 0.338 e. The molecule has 0 aliphatic heterocycles. The van der Waals surface area contributed by atoms with Crippen molar-refractivity contribution >= 4 is 16.9 Å². The number of methoxy groups -OCH3 is 1. The van der Waals surface area contributed by atoms with E-state index >= 15 is 0 Å². The van der Waals surface area contributed by atoms with E-state index in [4.69, 9.17) is 4.74 Å². The van der Waals surface area contributed by atoms with E-state index in [1.165, 1.54) is 13.2 Å². The van der Waals surface area contributed by atoms with Crippen LogP contribution in [0.1, 0.15) is 30.2 Å². The molecule has 90 valence electrons. The monoisotopic (exact) mass is 233 g/mol. The number of phenols is 1. The van der Waals surface area contributed by atoms with Crippen LogP contribution >= 0.6 is 0 Å². The van der Waals surface area contributed by atoms with Gasteiger partial charge in [-0.3, -0.25) is 0 Å². The highest BCUT2D eigenvalue weighted by Gasteiger charge is 2.15. The second-order valence-electron chi connectivity index (χ2n) is 4.23. The zero-order valence-electron chi connectivity index (χ0n) is 10.1. The normalized spacial score (nSPS) is 11.1. The summed E-state index contributed by atoms with van der Waals surface area (Å²) < 4.78 is 6.71. The molecular weight excluding hydrogens is 218 g/mol. The van der Waals surface area contributed by atoms with Gasteiger partial charge in [0.1, 0.15) is 5.75 Å². The zero-order valence-corrected chi connectivity index (χ0v) is 10.1. The minimum atomic E-state index is -0.438. The first kappa shape index (κ1) is 11.5. The molecule has 2 aromatic rings. The summed E-state index contributed by atoms with van der Waals surface area (Å²) in [6, 6.07) is 5.21. The first-order chi connectivity index (χ1) is 8.04. The van der Waals surface area contributed by atoms with Crippen LogP contribution in [0.15, 0.2) is 24.4 Å². The van der Waals surface area contributed by atoms with Crippen molar-refractivity contribution in [2.75, 3.05) is 7.11 Å². The highest BCUT2D eigenvalue weighted by atomic mass is 16.5. The first-order valence-corrected chi connectivity index (χ1v) is 5.46. The van der Waals surface area contributed by atoms with Crippen LogP contribution in [0.2, 0.25) is 0 Å². The molecule has 1 heterocycles. The SMILES string of the molecule is COC(=O)c1cc(O)cc2c1ccn2C(C)C. The summed E-state index contributed by atoms with van der Waals surface area (Å²) in [4.78, 5) is 11.6. The summed E-state index contributed by atoms with van der Waals surface area (Å²) in [6.07, 6.45) is 1.90. The van der Waals surface area contributed by atoms with Crippen molar-refractivity contribution < 1.29 is 14.6 Å². The fraction of sp³-hybridized carbons (Fsp3) is 0.308. The highest BCUT2D eigenvalue weighted by Crippen LogP contribution is 2.28. The fourth-order valence-electron chi connectivity index (χ4n) is 1.98. The second-order valence-corrected chi connectivity index (χ2v) is 4.23. The number of hydrogen-bond acceptors (Lipinski definition) is 3. The van der Waals surface area contributed by atoms with Gasteiger partial charge in [0.2, 0.25) is 0 Å². The van der Waals surface area contributed by atoms with Crippen LogP contribution < -0.4 is 0 Å². The van der Waals surface area contributed by atoms with Crippen LogP contribution in [-0.4, -0.2) is 22.8 Å². The van der Waals surface area contributed by atoms with E-state index in [0.29, 0.717) is 5.56 Å². The average Bonchev–Trinajstić information content (AvgIpc) is 2.70. The third kappa shape index (κ3) is 1.86. The third-order valence-electron chi connectivity index (χ3n) is 2.78. The Balaban J connectivity index is 2.74. The van der Waals surface area contributed by atoms with Gasteiger partial charge in [-0.2, -0.15) is 0 Å². The van der Waals surface area contributed by atoms with Crippen LogP contribution in [0.4, 0.5) is 0 Å². The Hall–Kier alpha value is -1.97. The Kier molecular flexibility index (Phi) is 2.79. The van der Waals surface area contributed by atoms with E-state index in [0.717, 1.165) is 10.9 Å².